The maximum atomic E-state index is 12.5. The van der Waals surface area contributed by atoms with E-state index in [2.05, 4.69) is 74.6 Å². The fraction of sp³-hybridized carbons (Fsp3) is 0.676. The molecule has 0 aliphatic rings. The van der Waals surface area contributed by atoms with E-state index in [1.165, 1.54) is 25.7 Å². The number of aliphatic carboxylic acids is 1. The first kappa shape index (κ1) is 38.6. The molecule has 0 aromatic carbocycles. The van der Waals surface area contributed by atoms with Crippen LogP contribution in [-0.4, -0.2) is 23.1 Å². The number of esters is 1. The first-order chi connectivity index (χ1) is 20.1. The molecule has 0 saturated carbocycles. The Morgan fingerprint density at radius 1 is 0.585 bits per heavy atom. The Bertz CT molecular complexity index is 744. The second kappa shape index (κ2) is 32.2. The topological polar surface area (TPSA) is 63.6 Å². The van der Waals surface area contributed by atoms with Gasteiger partial charge in [0.1, 0.15) is 6.10 Å². The molecule has 0 spiro atoms. The minimum atomic E-state index is -0.709. The fourth-order valence-electron chi connectivity index (χ4n) is 4.50. The van der Waals surface area contributed by atoms with Gasteiger partial charge in [0.2, 0.25) is 0 Å². The Hall–Kier alpha value is -2.36. The van der Waals surface area contributed by atoms with Crippen molar-refractivity contribution in [1.82, 2.24) is 0 Å². The van der Waals surface area contributed by atoms with Crippen LogP contribution in [0.1, 0.15) is 155 Å². The number of hydrogen-bond donors (Lipinski definition) is 1. The van der Waals surface area contributed by atoms with E-state index in [1.807, 2.05) is 0 Å². The minimum absolute atomic E-state index is 0.0856. The van der Waals surface area contributed by atoms with Gasteiger partial charge in [-0.05, 0) is 83.1 Å². The lowest BCUT2D eigenvalue weighted by Crippen LogP contribution is -2.16. The maximum absolute atomic E-state index is 12.5. The predicted molar refractivity (Wildman–Crippen MR) is 176 cm³/mol. The zero-order valence-electron chi connectivity index (χ0n) is 26.6. The molecule has 234 valence electrons. The van der Waals surface area contributed by atoms with Gasteiger partial charge in [-0.25, -0.2) is 0 Å². The van der Waals surface area contributed by atoms with E-state index in [-0.39, 0.29) is 18.5 Å². The number of carboxylic acid groups (broad SMARTS) is 1. The average Bonchev–Trinajstić information content (AvgIpc) is 2.95. The third-order valence-electron chi connectivity index (χ3n) is 6.96. The molecule has 0 saturated heterocycles. The number of allylic oxidation sites excluding steroid dienone is 9. The number of unbranched alkanes of at least 4 members (excludes halogenated alkanes) is 12. The molecule has 0 rings (SSSR count). The number of rotatable bonds is 29. The van der Waals surface area contributed by atoms with Crippen LogP contribution in [0.25, 0.3) is 0 Å². The van der Waals surface area contributed by atoms with E-state index in [9.17, 15) is 9.59 Å². The summed E-state index contributed by atoms with van der Waals surface area (Å²) in [5.74, 6) is -0.795. The van der Waals surface area contributed by atoms with Crippen molar-refractivity contribution in [3.8, 4) is 0 Å². The van der Waals surface area contributed by atoms with Crippen molar-refractivity contribution < 1.29 is 19.4 Å². The molecule has 0 fully saturated rings. The second-order valence-corrected chi connectivity index (χ2v) is 11.0. The predicted octanol–water partition coefficient (Wildman–Crippen LogP) is 11.4. The molecular weight excluding hydrogens is 508 g/mol. The van der Waals surface area contributed by atoms with Gasteiger partial charge in [0.25, 0.3) is 0 Å². The molecule has 4 nitrogen and oxygen atoms in total. The lowest BCUT2D eigenvalue weighted by Gasteiger charge is -2.14. The van der Waals surface area contributed by atoms with Gasteiger partial charge in [0.15, 0.2) is 0 Å². The molecule has 0 aliphatic heterocycles. The highest BCUT2D eigenvalue weighted by atomic mass is 16.5. The third-order valence-corrected chi connectivity index (χ3v) is 6.96. The van der Waals surface area contributed by atoms with Crippen LogP contribution in [0.2, 0.25) is 0 Å². The lowest BCUT2D eigenvalue weighted by atomic mass is 10.1. The van der Waals surface area contributed by atoms with Gasteiger partial charge in [0, 0.05) is 12.8 Å². The molecule has 1 N–H and O–H groups in total. The van der Waals surface area contributed by atoms with Crippen LogP contribution in [0.15, 0.2) is 60.8 Å². The summed E-state index contributed by atoms with van der Waals surface area (Å²) in [7, 11) is 0. The summed E-state index contributed by atoms with van der Waals surface area (Å²) in [6, 6.07) is 0. The van der Waals surface area contributed by atoms with E-state index in [0.29, 0.717) is 6.42 Å². The summed E-state index contributed by atoms with van der Waals surface area (Å²) in [6.45, 7) is 4.39. The van der Waals surface area contributed by atoms with Gasteiger partial charge < -0.3 is 9.84 Å². The summed E-state index contributed by atoms with van der Waals surface area (Å²) in [5.41, 5.74) is 0. The summed E-state index contributed by atoms with van der Waals surface area (Å²) in [5, 5.41) is 8.75. The highest BCUT2D eigenvalue weighted by Gasteiger charge is 2.11. The van der Waals surface area contributed by atoms with Crippen LogP contribution in [0.5, 0.6) is 0 Å². The van der Waals surface area contributed by atoms with Crippen LogP contribution in [0.4, 0.5) is 0 Å². The number of ether oxygens (including phenoxy) is 1. The van der Waals surface area contributed by atoms with Crippen molar-refractivity contribution in [2.45, 2.75) is 161 Å². The first-order valence-electron chi connectivity index (χ1n) is 16.8. The molecule has 1 unspecified atom stereocenters. The third kappa shape index (κ3) is 32.0. The smallest absolute Gasteiger partial charge is 0.306 e. The van der Waals surface area contributed by atoms with Crippen molar-refractivity contribution in [3.63, 3.8) is 0 Å². The molecule has 0 amide bonds. The zero-order valence-corrected chi connectivity index (χ0v) is 26.6. The van der Waals surface area contributed by atoms with Gasteiger partial charge >= 0.3 is 11.9 Å². The molecule has 41 heavy (non-hydrogen) atoms. The standard InChI is InChI=1S/C37H62O4/c1-3-5-7-9-11-13-14-15-16-18-20-26-30-34-37(40)41-35(31-27-23-19-17-12-10-8-6-4-2)32-28-24-21-22-25-29-33-36(38)39/h5,7,11,13,15-17,19,27,31,35H,3-4,6,8-10,12,14,18,20-26,28-30,32-34H2,1-2H3,(H,38,39)/b7-5-,13-11-,16-15-,19-17-,31-27-. The first-order valence-corrected chi connectivity index (χ1v) is 16.8. The Labute approximate surface area is 253 Å². The van der Waals surface area contributed by atoms with Crippen LogP contribution in [-0.2, 0) is 14.3 Å². The quantitative estimate of drug-likeness (QED) is 0.0552. The number of carbonyl (C=O) groups excluding carboxylic acids is 1. The second-order valence-electron chi connectivity index (χ2n) is 11.0. The van der Waals surface area contributed by atoms with Crippen LogP contribution >= 0.6 is 0 Å². The van der Waals surface area contributed by atoms with E-state index in [1.54, 1.807) is 0 Å². The molecule has 4 heteroatoms. The van der Waals surface area contributed by atoms with E-state index in [0.717, 1.165) is 103 Å². The maximum Gasteiger partial charge on any atom is 0.306 e. The van der Waals surface area contributed by atoms with Crippen molar-refractivity contribution >= 4 is 11.9 Å². The highest BCUT2D eigenvalue weighted by molar-refractivity contribution is 5.69. The van der Waals surface area contributed by atoms with Crippen molar-refractivity contribution in [3.05, 3.63) is 60.8 Å². The molecule has 0 radical (unpaired) electrons. The van der Waals surface area contributed by atoms with Gasteiger partial charge in [-0.3, -0.25) is 9.59 Å². The van der Waals surface area contributed by atoms with Crippen LogP contribution in [0, 0.1) is 0 Å². The molecule has 1 atom stereocenters. The molecular formula is C37H62O4. The minimum Gasteiger partial charge on any atom is -0.481 e. The van der Waals surface area contributed by atoms with E-state index in [4.69, 9.17) is 9.84 Å². The molecule has 0 aliphatic carbocycles. The normalized spacial score (nSPS) is 13.0. The monoisotopic (exact) mass is 570 g/mol. The van der Waals surface area contributed by atoms with Gasteiger partial charge in [0.05, 0.1) is 0 Å². The Morgan fingerprint density at radius 3 is 1.73 bits per heavy atom. The SMILES string of the molecule is CC/C=C\C/C=C\C/C=C\CCCCCC(=O)OC(/C=C\C/C=C\CCCCCC)CCCCCCCCC(=O)O. The number of carbonyl (C=O) groups is 2. The summed E-state index contributed by atoms with van der Waals surface area (Å²) >= 11 is 0. The molecule has 0 bridgehead atoms. The summed E-state index contributed by atoms with van der Waals surface area (Å²) in [4.78, 5) is 23.2. The van der Waals surface area contributed by atoms with Crippen LogP contribution in [0.3, 0.4) is 0 Å². The number of hydrogen-bond acceptors (Lipinski definition) is 3. The van der Waals surface area contributed by atoms with Crippen LogP contribution < -0.4 is 0 Å². The Balaban J connectivity index is 4.27. The largest absolute Gasteiger partial charge is 0.481 e. The fourth-order valence-corrected chi connectivity index (χ4v) is 4.50. The van der Waals surface area contributed by atoms with Gasteiger partial charge in [-0.2, -0.15) is 0 Å². The van der Waals surface area contributed by atoms with E-state index >= 15 is 0 Å². The highest BCUT2D eigenvalue weighted by Crippen LogP contribution is 2.14. The van der Waals surface area contributed by atoms with Gasteiger partial charge in [-0.15, -0.1) is 0 Å². The average molecular weight is 571 g/mol. The molecule has 0 heterocycles. The molecule has 0 aromatic heterocycles. The molecule has 0 aromatic rings. The van der Waals surface area contributed by atoms with E-state index < -0.39 is 5.97 Å². The van der Waals surface area contributed by atoms with Crippen molar-refractivity contribution in [2.24, 2.45) is 0 Å². The zero-order chi connectivity index (χ0) is 30.1. The summed E-state index contributed by atoms with van der Waals surface area (Å²) in [6.07, 6.45) is 43.8. The van der Waals surface area contributed by atoms with Crippen molar-refractivity contribution in [2.75, 3.05) is 0 Å². The Morgan fingerprint density at radius 2 is 1.10 bits per heavy atom. The van der Waals surface area contributed by atoms with Gasteiger partial charge in [-0.1, -0.05) is 120 Å². The number of carboxylic acids is 1. The summed E-state index contributed by atoms with van der Waals surface area (Å²) < 4.78 is 5.86. The lowest BCUT2D eigenvalue weighted by molar-refractivity contribution is -0.147. The van der Waals surface area contributed by atoms with Crippen molar-refractivity contribution in [1.29, 1.82) is 0 Å². The Kier molecular flexibility index (Phi) is 30.3.